The van der Waals surface area contributed by atoms with Crippen molar-refractivity contribution in [1.29, 1.82) is 0 Å². The van der Waals surface area contributed by atoms with Crippen LogP contribution in [0.3, 0.4) is 0 Å². The van der Waals surface area contributed by atoms with Gasteiger partial charge in [0, 0.05) is 19.5 Å². The van der Waals surface area contributed by atoms with Gasteiger partial charge in [-0.1, -0.05) is 19.3 Å². The summed E-state index contributed by atoms with van der Waals surface area (Å²) in [5, 5.41) is 3.21. The van der Waals surface area contributed by atoms with Gasteiger partial charge in [-0.05, 0) is 50.7 Å². The molecule has 2 aliphatic rings. The summed E-state index contributed by atoms with van der Waals surface area (Å²) in [5.41, 5.74) is 6.09. The molecule has 1 heterocycles. The van der Waals surface area contributed by atoms with Crippen molar-refractivity contribution in [2.24, 2.45) is 17.1 Å². The predicted octanol–water partition coefficient (Wildman–Crippen LogP) is 1.35. The first-order chi connectivity index (χ1) is 9.19. The average molecular weight is 267 g/mol. The number of nitrogens with one attached hydrogen (secondary N) is 1. The van der Waals surface area contributed by atoms with E-state index in [1.54, 1.807) is 0 Å². The van der Waals surface area contributed by atoms with Crippen molar-refractivity contribution < 1.29 is 4.79 Å². The van der Waals surface area contributed by atoms with Gasteiger partial charge in [-0.3, -0.25) is 4.79 Å². The third-order valence-electron chi connectivity index (χ3n) is 5.00. The van der Waals surface area contributed by atoms with Crippen LogP contribution >= 0.6 is 0 Å². The lowest BCUT2D eigenvalue weighted by atomic mass is 9.71. The highest BCUT2D eigenvalue weighted by Crippen LogP contribution is 2.39. The fourth-order valence-corrected chi connectivity index (χ4v) is 3.70. The molecular formula is C15H29N3O. The van der Waals surface area contributed by atoms with Crippen molar-refractivity contribution in [3.8, 4) is 0 Å². The van der Waals surface area contributed by atoms with Crippen LogP contribution in [-0.2, 0) is 4.79 Å². The van der Waals surface area contributed by atoms with Gasteiger partial charge in [0.1, 0.15) is 0 Å². The van der Waals surface area contributed by atoms with Crippen LogP contribution in [0, 0.1) is 11.3 Å². The molecule has 4 heteroatoms. The zero-order chi connectivity index (χ0) is 13.7. The molecule has 1 saturated heterocycles. The van der Waals surface area contributed by atoms with Crippen molar-refractivity contribution in [3.63, 3.8) is 0 Å². The predicted molar refractivity (Wildman–Crippen MR) is 77.8 cm³/mol. The standard InChI is InChI=1S/C15H29N3O/c1-17-10-13-5-8-18(11-13)14(19)9-15(12-16)6-3-2-4-7-15/h13,17H,2-12,16H2,1H3. The van der Waals surface area contributed by atoms with Gasteiger partial charge in [0.15, 0.2) is 0 Å². The van der Waals surface area contributed by atoms with Gasteiger partial charge in [0.2, 0.25) is 5.91 Å². The second-order valence-corrected chi connectivity index (χ2v) is 6.49. The summed E-state index contributed by atoms with van der Waals surface area (Å²) in [5.74, 6) is 0.972. The quantitative estimate of drug-likeness (QED) is 0.790. The van der Waals surface area contributed by atoms with Crippen molar-refractivity contribution in [2.45, 2.75) is 44.9 Å². The molecule has 0 aromatic carbocycles. The van der Waals surface area contributed by atoms with E-state index in [0.29, 0.717) is 24.8 Å². The maximum absolute atomic E-state index is 12.5. The Morgan fingerprint density at radius 3 is 2.74 bits per heavy atom. The van der Waals surface area contributed by atoms with Gasteiger partial charge >= 0.3 is 0 Å². The second-order valence-electron chi connectivity index (χ2n) is 6.49. The molecule has 1 aliphatic carbocycles. The molecule has 2 fully saturated rings. The van der Waals surface area contributed by atoms with Crippen LogP contribution in [0.2, 0.25) is 0 Å². The smallest absolute Gasteiger partial charge is 0.223 e. The molecule has 0 bridgehead atoms. The summed E-state index contributed by atoms with van der Waals surface area (Å²) in [7, 11) is 1.98. The zero-order valence-electron chi connectivity index (χ0n) is 12.3. The maximum atomic E-state index is 12.5. The molecule has 2 rings (SSSR count). The number of rotatable bonds is 5. The van der Waals surface area contributed by atoms with Crippen molar-refractivity contribution in [1.82, 2.24) is 10.2 Å². The van der Waals surface area contributed by atoms with Gasteiger partial charge in [-0.25, -0.2) is 0 Å². The Kier molecular flexibility index (Phi) is 5.22. The topological polar surface area (TPSA) is 58.4 Å². The van der Waals surface area contributed by atoms with Crippen molar-refractivity contribution in [2.75, 3.05) is 33.2 Å². The van der Waals surface area contributed by atoms with Crippen LogP contribution in [0.1, 0.15) is 44.9 Å². The van der Waals surface area contributed by atoms with Gasteiger partial charge in [-0.2, -0.15) is 0 Å². The molecule has 1 unspecified atom stereocenters. The van der Waals surface area contributed by atoms with Crippen LogP contribution in [0.15, 0.2) is 0 Å². The van der Waals surface area contributed by atoms with E-state index in [0.717, 1.165) is 38.9 Å². The molecule has 4 nitrogen and oxygen atoms in total. The zero-order valence-corrected chi connectivity index (χ0v) is 12.3. The number of hydrogen-bond acceptors (Lipinski definition) is 3. The molecule has 110 valence electrons. The number of carbonyl (C=O) groups is 1. The van der Waals surface area contributed by atoms with Crippen molar-refractivity contribution >= 4 is 5.91 Å². The molecule has 0 radical (unpaired) electrons. The number of carbonyl (C=O) groups excluding carboxylic acids is 1. The van der Waals surface area contributed by atoms with E-state index in [1.807, 2.05) is 7.05 Å². The van der Waals surface area contributed by atoms with Gasteiger partial charge in [0.05, 0.1) is 0 Å². The highest BCUT2D eigenvalue weighted by Gasteiger charge is 2.36. The Morgan fingerprint density at radius 1 is 1.37 bits per heavy atom. The van der Waals surface area contributed by atoms with Crippen LogP contribution in [-0.4, -0.2) is 44.0 Å². The second kappa shape index (κ2) is 6.71. The molecule has 1 aliphatic heterocycles. The summed E-state index contributed by atoms with van der Waals surface area (Å²) in [6.45, 7) is 3.56. The van der Waals surface area contributed by atoms with Crippen LogP contribution in [0.25, 0.3) is 0 Å². The Morgan fingerprint density at radius 2 is 2.11 bits per heavy atom. The number of amides is 1. The highest BCUT2D eigenvalue weighted by atomic mass is 16.2. The lowest BCUT2D eigenvalue weighted by Gasteiger charge is -2.36. The molecule has 1 atom stereocenters. The average Bonchev–Trinajstić information content (AvgIpc) is 2.89. The molecule has 0 aromatic heterocycles. The Balaban J connectivity index is 1.86. The SMILES string of the molecule is CNCC1CCN(C(=O)CC2(CN)CCCCC2)C1. The summed E-state index contributed by atoms with van der Waals surface area (Å²) in [4.78, 5) is 14.5. The first kappa shape index (κ1) is 14.8. The summed E-state index contributed by atoms with van der Waals surface area (Å²) in [6.07, 6.45) is 7.90. The lowest BCUT2D eigenvalue weighted by molar-refractivity contribution is -0.133. The minimum Gasteiger partial charge on any atom is -0.342 e. The molecule has 19 heavy (non-hydrogen) atoms. The normalized spacial score (nSPS) is 26.6. The van der Waals surface area contributed by atoms with E-state index in [1.165, 1.54) is 19.3 Å². The van der Waals surface area contributed by atoms with Crippen LogP contribution in [0.5, 0.6) is 0 Å². The van der Waals surface area contributed by atoms with Crippen molar-refractivity contribution in [3.05, 3.63) is 0 Å². The summed E-state index contributed by atoms with van der Waals surface area (Å²) < 4.78 is 0. The lowest BCUT2D eigenvalue weighted by Crippen LogP contribution is -2.40. The number of hydrogen-bond donors (Lipinski definition) is 2. The Bertz CT molecular complexity index is 300. The first-order valence-electron chi connectivity index (χ1n) is 7.81. The summed E-state index contributed by atoms with van der Waals surface area (Å²) >= 11 is 0. The molecule has 3 N–H and O–H groups in total. The van der Waals surface area contributed by atoms with E-state index < -0.39 is 0 Å². The van der Waals surface area contributed by atoms with E-state index in [-0.39, 0.29) is 5.41 Å². The minimum absolute atomic E-state index is 0.108. The first-order valence-corrected chi connectivity index (χ1v) is 7.81. The van der Waals surface area contributed by atoms with E-state index in [4.69, 9.17) is 5.73 Å². The monoisotopic (exact) mass is 267 g/mol. The number of nitrogens with zero attached hydrogens (tertiary/aromatic N) is 1. The fraction of sp³-hybridized carbons (Fsp3) is 0.933. The largest absolute Gasteiger partial charge is 0.342 e. The molecule has 1 saturated carbocycles. The van der Waals surface area contributed by atoms with Gasteiger partial charge in [0.25, 0.3) is 0 Å². The van der Waals surface area contributed by atoms with Crippen LogP contribution in [0.4, 0.5) is 0 Å². The molecular weight excluding hydrogens is 238 g/mol. The summed E-state index contributed by atoms with van der Waals surface area (Å²) in [6, 6.07) is 0. The number of likely N-dealkylation sites (tertiary alicyclic amines) is 1. The van der Waals surface area contributed by atoms with Gasteiger partial charge < -0.3 is 16.0 Å². The fourth-order valence-electron chi connectivity index (χ4n) is 3.70. The third-order valence-corrected chi connectivity index (χ3v) is 5.00. The van der Waals surface area contributed by atoms with Gasteiger partial charge in [-0.15, -0.1) is 0 Å². The van der Waals surface area contributed by atoms with Crippen LogP contribution < -0.4 is 11.1 Å². The maximum Gasteiger partial charge on any atom is 0.223 e. The molecule has 1 amide bonds. The molecule has 0 aromatic rings. The van der Waals surface area contributed by atoms with E-state index in [2.05, 4.69) is 10.2 Å². The Hall–Kier alpha value is -0.610. The molecule has 0 spiro atoms. The minimum atomic E-state index is 0.108. The highest BCUT2D eigenvalue weighted by molar-refractivity contribution is 5.77. The Labute approximate surface area is 117 Å². The number of nitrogens with two attached hydrogens (primary N) is 1. The third kappa shape index (κ3) is 3.69. The van der Waals surface area contributed by atoms with E-state index >= 15 is 0 Å². The van der Waals surface area contributed by atoms with E-state index in [9.17, 15) is 4.79 Å².